The molecule has 1 fully saturated rings. The summed E-state index contributed by atoms with van der Waals surface area (Å²) in [7, 11) is 0. The Balaban J connectivity index is 1.88. The highest BCUT2D eigenvalue weighted by molar-refractivity contribution is 7.71. The van der Waals surface area contributed by atoms with Crippen molar-refractivity contribution < 1.29 is 13.5 Å². The molecule has 0 atom stereocenters. The van der Waals surface area contributed by atoms with Gasteiger partial charge in [-0.25, -0.2) is 9.07 Å². The van der Waals surface area contributed by atoms with Gasteiger partial charge in [0, 0.05) is 13.1 Å². The third-order valence-corrected chi connectivity index (χ3v) is 4.18. The molecule has 118 valence electrons. The van der Waals surface area contributed by atoms with Crippen LogP contribution < -0.4 is 0 Å². The Morgan fingerprint density at radius 1 is 1.23 bits per heavy atom. The highest BCUT2D eigenvalue weighted by atomic mass is 35.5. The lowest BCUT2D eigenvalue weighted by molar-refractivity contribution is 0.0206. The van der Waals surface area contributed by atoms with Crippen LogP contribution in [-0.2, 0) is 11.4 Å². The predicted molar refractivity (Wildman–Crippen MR) is 83.1 cm³/mol. The number of nitrogens with zero attached hydrogens (tertiary/aromatic N) is 3. The summed E-state index contributed by atoms with van der Waals surface area (Å²) in [6, 6.07) is 2.50. The molecule has 5 nitrogen and oxygen atoms in total. The van der Waals surface area contributed by atoms with Crippen molar-refractivity contribution in [2.75, 3.05) is 26.3 Å². The van der Waals surface area contributed by atoms with Crippen molar-refractivity contribution in [3.05, 3.63) is 32.8 Å². The average molecular weight is 364 g/mol. The van der Waals surface area contributed by atoms with Gasteiger partial charge in [0.15, 0.2) is 0 Å². The lowest BCUT2D eigenvalue weighted by Crippen LogP contribution is -2.37. The van der Waals surface area contributed by atoms with Crippen molar-refractivity contribution in [1.29, 1.82) is 0 Å². The largest absolute Gasteiger partial charge is 0.409 e. The number of morpholine rings is 1. The number of hydrogen-bond donors (Lipinski definition) is 0. The third kappa shape index (κ3) is 3.33. The van der Waals surface area contributed by atoms with Crippen LogP contribution in [0.4, 0.5) is 4.39 Å². The molecule has 1 aliphatic heterocycles. The first-order valence-corrected chi connectivity index (χ1v) is 7.74. The number of aromatic nitrogens is 2. The van der Waals surface area contributed by atoms with E-state index < -0.39 is 5.82 Å². The summed E-state index contributed by atoms with van der Waals surface area (Å²) in [5.74, 6) is -0.427. The number of hydrogen-bond acceptors (Lipinski definition) is 5. The highest BCUT2D eigenvalue weighted by Gasteiger charge is 2.17. The molecule has 22 heavy (non-hydrogen) atoms. The zero-order valence-electron chi connectivity index (χ0n) is 11.4. The van der Waals surface area contributed by atoms with E-state index in [1.165, 1.54) is 12.1 Å². The summed E-state index contributed by atoms with van der Waals surface area (Å²) in [4.78, 5) is 2.34. The first-order valence-electron chi connectivity index (χ1n) is 6.57. The second-order valence-corrected chi connectivity index (χ2v) is 5.95. The molecule has 3 rings (SSSR count). The van der Waals surface area contributed by atoms with Gasteiger partial charge in [-0.2, -0.15) is 0 Å². The molecule has 2 aromatic rings. The second kappa shape index (κ2) is 6.64. The van der Waals surface area contributed by atoms with Gasteiger partial charge in [0.1, 0.15) is 5.82 Å². The minimum absolute atomic E-state index is 0.0555. The molecule has 2 heterocycles. The molecular formula is C13H12Cl2FN3O2S. The van der Waals surface area contributed by atoms with Crippen LogP contribution in [0.5, 0.6) is 0 Å². The van der Waals surface area contributed by atoms with E-state index in [2.05, 4.69) is 10.00 Å². The normalized spacial score (nSPS) is 16.1. The lowest BCUT2D eigenvalue weighted by atomic mass is 10.2. The molecule has 0 unspecified atom stereocenters. The van der Waals surface area contributed by atoms with Gasteiger partial charge >= 0.3 is 0 Å². The first kappa shape index (κ1) is 15.9. The second-order valence-electron chi connectivity index (χ2n) is 4.79. The van der Waals surface area contributed by atoms with Crippen LogP contribution in [0, 0.1) is 10.7 Å². The molecule has 1 aliphatic rings. The van der Waals surface area contributed by atoms with Crippen molar-refractivity contribution in [2.24, 2.45) is 0 Å². The van der Waals surface area contributed by atoms with Gasteiger partial charge in [0.05, 0.1) is 35.5 Å². The minimum atomic E-state index is -0.593. The molecule has 1 aromatic heterocycles. The first-order chi connectivity index (χ1) is 10.5. The summed E-state index contributed by atoms with van der Waals surface area (Å²) < 4.78 is 25.9. The van der Waals surface area contributed by atoms with Crippen molar-refractivity contribution in [3.63, 3.8) is 0 Å². The van der Waals surface area contributed by atoms with E-state index in [0.717, 1.165) is 13.1 Å². The fourth-order valence-corrected chi connectivity index (χ4v) is 2.76. The molecular weight excluding hydrogens is 352 g/mol. The van der Waals surface area contributed by atoms with E-state index in [0.29, 0.717) is 25.4 Å². The van der Waals surface area contributed by atoms with Gasteiger partial charge in [0.2, 0.25) is 5.89 Å². The molecule has 0 aliphatic carbocycles. The number of halogens is 3. The Morgan fingerprint density at radius 3 is 2.68 bits per heavy atom. The summed E-state index contributed by atoms with van der Waals surface area (Å²) in [5.41, 5.74) is 0.315. The standard InChI is InChI=1S/C13H12Cl2FN3O2S/c14-9-6-10(15)11(16)5-8(9)12-17-19(13(22)21-12)7-18-1-3-20-4-2-18/h5-6H,1-4,7H2. The Morgan fingerprint density at radius 2 is 1.95 bits per heavy atom. The summed E-state index contributed by atoms with van der Waals surface area (Å²) in [5, 5.41) is 4.47. The van der Waals surface area contributed by atoms with Crippen LogP contribution in [0.25, 0.3) is 11.5 Å². The Hall–Kier alpha value is -0.990. The predicted octanol–water partition coefficient (Wildman–Crippen LogP) is 3.61. The molecule has 0 amide bonds. The van der Waals surface area contributed by atoms with Crippen LogP contribution in [0.2, 0.25) is 10.0 Å². The van der Waals surface area contributed by atoms with E-state index >= 15 is 0 Å². The number of rotatable bonds is 3. The smallest absolute Gasteiger partial charge is 0.288 e. The van der Waals surface area contributed by atoms with Crippen molar-refractivity contribution >= 4 is 35.4 Å². The van der Waals surface area contributed by atoms with Gasteiger partial charge in [-0.3, -0.25) is 4.90 Å². The zero-order valence-corrected chi connectivity index (χ0v) is 13.7. The topological polar surface area (TPSA) is 43.4 Å². The molecule has 1 aromatic carbocycles. The third-order valence-electron chi connectivity index (χ3n) is 3.28. The van der Waals surface area contributed by atoms with Gasteiger partial charge < -0.3 is 9.15 Å². The average Bonchev–Trinajstić information content (AvgIpc) is 2.85. The van der Waals surface area contributed by atoms with E-state index in [1.54, 1.807) is 4.68 Å². The molecule has 0 spiro atoms. The minimum Gasteiger partial charge on any atom is -0.409 e. The van der Waals surface area contributed by atoms with Crippen molar-refractivity contribution in [2.45, 2.75) is 6.67 Å². The van der Waals surface area contributed by atoms with E-state index in [4.69, 9.17) is 44.6 Å². The number of benzene rings is 1. The maximum absolute atomic E-state index is 13.6. The van der Waals surface area contributed by atoms with Crippen molar-refractivity contribution in [3.8, 4) is 11.5 Å². The molecule has 0 radical (unpaired) electrons. The van der Waals surface area contributed by atoms with Gasteiger partial charge in [-0.15, -0.1) is 5.10 Å². The van der Waals surface area contributed by atoms with Crippen LogP contribution in [-0.4, -0.2) is 41.0 Å². The fraction of sp³-hybridized carbons (Fsp3) is 0.385. The van der Waals surface area contributed by atoms with Crippen molar-refractivity contribution in [1.82, 2.24) is 14.7 Å². The monoisotopic (exact) mass is 363 g/mol. The summed E-state index contributed by atoms with van der Waals surface area (Å²) in [6.45, 7) is 3.42. The van der Waals surface area contributed by atoms with E-state index in [-0.39, 0.29) is 20.8 Å². The van der Waals surface area contributed by atoms with Crippen LogP contribution >= 0.6 is 35.4 Å². The quantitative estimate of drug-likeness (QED) is 0.615. The van der Waals surface area contributed by atoms with E-state index in [9.17, 15) is 4.39 Å². The SMILES string of the molecule is Fc1cc(-c2nn(CN3CCOCC3)c(=S)o2)c(Cl)cc1Cl. The summed E-state index contributed by atoms with van der Waals surface area (Å²) >= 11 is 16.9. The Kier molecular flexibility index (Phi) is 4.79. The Labute approximate surface area is 141 Å². The van der Waals surface area contributed by atoms with Gasteiger partial charge in [-0.1, -0.05) is 23.2 Å². The van der Waals surface area contributed by atoms with E-state index in [1.807, 2.05) is 0 Å². The van der Waals surface area contributed by atoms with Crippen LogP contribution in [0.15, 0.2) is 16.5 Å². The lowest BCUT2D eigenvalue weighted by Gasteiger charge is -2.25. The molecule has 9 heteroatoms. The van der Waals surface area contributed by atoms with Crippen LogP contribution in [0.1, 0.15) is 0 Å². The maximum atomic E-state index is 13.6. The van der Waals surface area contributed by atoms with Gasteiger partial charge in [-0.05, 0) is 24.4 Å². The zero-order chi connectivity index (χ0) is 15.7. The summed E-state index contributed by atoms with van der Waals surface area (Å²) in [6.07, 6.45) is 0. The fourth-order valence-electron chi connectivity index (χ4n) is 2.12. The number of ether oxygens (including phenoxy) is 1. The Bertz CT molecular complexity index is 743. The molecule has 1 saturated heterocycles. The molecule has 0 bridgehead atoms. The van der Waals surface area contributed by atoms with Crippen LogP contribution in [0.3, 0.4) is 0 Å². The molecule has 0 N–H and O–H groups in total. The maximum Gasteiger partial charge on any atom is 0.288 e. The van der Waals surface area contributed by atoms with Gasteiger partial charge in [0.25, 0.3) is 4.84 Å². The molecule has 0 saturated carbocycles. The highest BCUT2D eigenvalue weighted by Crippen LogP contribution is 2.31.